The number of aliphatic hydroxyl groups excluding tert-OH is 1. The van der Waals surface area contributed by atoms with Crippen molar-refractivity contribution >= 4 is 23.7 Å². The van der Waals surface area contributed by atoms with E-state index >= 15 is 0 Å². The fraction of sp³-hybridized carbons (Fsp3) is 0.312. The van der Waals surface area contributed by atoms with Gasteiger partial charge >= 0.3 is 0 Å². The van der Waals surface area contributed by atoms with Gasteiger partial charge in [-0.25, -0.2) is 0 Å². The van der Waals surface area contributed by atoms with Crippen molar-refractivity contribution in [1.82, 2.24) is 4.90 Å². The molecule has 1 aliphatic rings. The zero-order chi connectivity index (χ0) is 15.8. The Morgan fingerprint density at radius 3 is 2.68 bits per heavy atom. The van der Waals surface area contributed by atoms with Gasteiger partial charge in [-0.05, 0) is 25.0 Å². The summed E-state index contributed by atoms with van der Waals surface area (Å²) in [6.45, 7) is -0.182. The third-order valence-corrected chi connectivity index (χ3v) is 3.20. The first kappa shape index (κ1) is 15.9. The van der Waals surface area contributed by atoms with Crippen molar-refractivity contribution < 1.29 is 14.7 Å². The van der Waals surface area contributed by atoms with Gasteiger partial charge in [0.15, 0.2) is 0 Å². The van der Waals surface area contributed by atoms with Crippen LogP contribution in [0.4, 0.5) is 5.69 Å². The molecule has 0 aliphatic carbocycles. The Kier molecular flexibility index (Phi) is 5.85. The van der Waals surface area contributed by atoms with E-state index in [1.807, 2.05) is 18.2 Å². The van der Waals surface area contributed by atoms with E-state index in [0.29, 0.717) is 24.1 Å². The lowest BCUT2D eigenvalue weighted by Crippen LogP contribution is -2.40. The fourth-order valence-electron chi connectivity index (χ4n) is 2.14. The van der Waals surface area contributed by atoms with E-state index in [-0.39, 0.29) is 31.5 Å². The van der Waals surface area contributed by atoms with E-state index < -0.39 is 0 Å². The molecule has 0 unspecified atom stereocenters. The molecule has 116 valence electrons. The van der Waals surface area contributed by atoms with E-state index in [1.54, 1.807) is 18.3 Å². The third-order valence-electron chi connectivity index (χ3n) is 3.20. The number of nitrogens with one attached hydrogen (secondary N) is 1. The summed E-state index contributed by atoms with van der Waals surface area (Å²) in [7, 11) is 0. The zero-order valence-corrected chi connectivity index (χ0v) is 12.2. The molecule has 6 nitrogen and oxygen atoms in total. The number of anilines is 1. The van der Waals surface area contributed by atoms with Crippen molar-refractivity contribution in [1.29, 1.82) is 0 Å². The van der Waals surface area contributed by atoms with E-state index in [1.165, 1.54) is 11.1 Å². The van der Waals surface area contributed by atoms with Gasteiger partial charge in [0.25, 0.3) is 5.91 Å². The molecule has 0 fully saturated rings. The van der Waals surface area contributed by atoms with Crippen molar-refractivity contribution in [3.8, 4) is 0 Å². The number of aliphatic hydroxyl groups is 1. The molecule has 0 spiro atoms. The number of rotatable bonds is 6. The zero-order valence-electron chi connectivity index (χ0n) is 12.2. The molecule has 2 amide bonds. The maximum absolute atomic E-state index is 12.4. The topological polar surface area (TPSA) is 82.0 Å². The number of amides is 2. The van der Waals surface area contributed by atoms with Crippen molar-refractivity contribution in [3.05, 3.63) is 42.1 Å². The summed E-state index contributed by atoms with van der Waals surface area (Å²) in [4.78, 5) is 29.7. The summed E-state index contributed by atoms with van der Waals surface area (Å²) < 4.78 is 0. The first-order valence-electron chi connectivity index (χ1n) is 7.16. The average molecular weight is 301 g/mol. The van der Waals surface area contributed by atoms with Gasteiger partial charge in [0.05, 0.1) is 6.61 Å². The summed E-state index contributed by atoms with van der Waals surface area (Å²) in [6, 6.07) is 9.03. The van der Waals surface area contributed by atoms with Crippen LogP contribution in [0.25, 0.3) is 0 Å². The number of benzene rings is 1. The van der Waals surface area contributed by atoms with Crippen molar-refractivity contribution in [2.45, 2.75) is 12.8 Å². The second-order valence-electron chi connectivity index (χ2n) is 4.89. The highest BCUT2D eigenvalue weighted by Crippen LogP contribution is 2.13. The summed E-state index contributed by atoms with van der Waals surface area (Å²) in [5.41, 5.74) is 1.23. The van der Waals surface area contributed by atoms with Gasteiger partial charge in [0, 0.05) is 30.2 Å². The van der Waals surface area contributed by atoms with Crippen LogP contribution in [0, 0.1) is 0 Å². The maximum atomic E-state index is 12.4. The number of para-hydroxylation sites is 1. The van der Waals surface area contributed by atoms with Gasteiger partial charge in [-0.1, -0.05) is 18.2 Å². The first-order valence-corrected chi connectivity index (χ1v) is 7.16. The Morgan fingerprint density at radius 2 is 2.05 bits per heavy atom. The van der Waals surface area contributed by atoms with Gasteiger partial charge in [-0.2, -0.15) is 0 Å². The number of nitrogens with zero attached hydrogens (tertiary/aromatic N) is 2. The number of carbonyl (C=O) groups excluding carboxylic acids is 2. The highest BCUT2D eigenvalue weighted by atomic mass is 16.3. The molecule has 0 atom stereocenters. The SMILES string of the molecule is O=C(CN(CCO)C(=O)C1=CN=CCC1)Nc1ccccc1. The minimum atomic E-state index is -0.298. The largest absolute Gasteiger partial charge is 0.395 e. The second kappa shape index (κ2) is 8.09. The first-order chi connectivity index (χ1) is 10.7. The number of hydrogen-bond acceptors (Lipinski definition) is 4. The quantitative estimate of drug-likeness (QED) is 0.828. The summed E-state index contributed by atoms with van der Waals surface area (Å²) in [6.07, 6.45) is 4.58. The standard InChI is InChI=1S/C16H19N3O3/c20-10-9-19(16(22)13-5-4-8-17-11-13)12-15(21)18-14-6-2-1-3-7-14/h1-3,6-8,11,20H,4-5,9-10,12H2,(H,18,21). The van der Waals surface area contributed by atoms with Crippen LogP contribution < -0.4 is 5.32 Å². The highest BCUT2D eigenvalue weighted by Gasteiger charge is 2.21. The molecule has 1 aromatic rings. The molecule has 0 bridgehead atoms. The van der Waals surface area contributed by atoms with Crippen molar-refractivity contribution in [2.75, 3.05) is 25.0 Å². The van der Waals surface area contributed by atoms with Crippen LogP contribution >= 0.6 is 0 Å². The Bertz CT molecular complexity index is 582. The predicted octanol–water partition coefficient (Wildman–Crippen LogP) is 1.19. The molecule has 22 heavy (non-hydrogen) atoms. The Balaban J connectivity index is 1.98. The van der Waals surface area contributed by atoms with Crippen molar-refractivity contribution in [3.63, 3.8) is 0 Å². The van der Waals surface area contributed by atoms with Gasteiger partial charge in [0.2, 0.25) is 5.91 Å². The van der Waals surface area contributed by atoms with Crippen LogP contribution in [0.3, 0.4) is 0 Å². The van der Waals surface area contributed by atoms with Crippen LogP contribution in [0.15, 0.2) is 47.1 Å². The normalized spacial score (nSPS) is 13.4. The van der Waals surface area contributed by atoms with Gasteiger partial charge in [0.1, 0.15) is 6.54 Å². The number of aliphatic imine (C=N–C) groups is 1. The van der Waals surface area contributed by atoms with Crippen molar-refractivity contribution in [2.24, 2.45) is 4.99 Å². The fourth-order valence-corrected chi connectivity index (χ4v) is 2.14. The molecule has 0 aromatic heterocycles. The molecule has 0 radical (unpaired) electrons. The second-order valence-corrected chi connectivity index (χ2v) is 4.89. The van der Waals surface area contributed by atoms with Crippen LogP contribution in [-0.4, -0.2) is 47.7 Å². The lowest BCUT2D eigenvalue weighted by atomic mass is 10.1. The molecule has 0 saturated carbocycles. The predicted molar refractivity (Wildman–Crippen MR) is 84.5 cm³/mol. The molecule has 2 rings (SSSR count). The van der Waals surface area contributed by atoms with Crippen LogP contribution in [0.1, 0.15) is 12.8 Å². The van der Waals surface area contributed by atoms with Gasteiger partial charge < -0.3 is 15.3 Å². The highest BCUT2D eigenvalue weighted by molar-refractivity contribution is 5.99. The molecule has 1 aromatic carbocycles. The molecule has 1 heterocycles. The lowest BCUT2D eigenvalue weighted by molar-refractivity contribution is -0.132. The molecule has 1 aliphatic heterocycles. The van der Waals surface area contributed by atoms with Gasteiger partial charge in [-0.15, -0.1) is 0 Å². The summed E-state index contributed by atoms with van der Waals surface area (Å²) in [5, 5.41) is 11.8. The minimum Gasteiger partial charge on any atom is -0.395 e. The van der Waals surface area contributed by atoms with Gasteiger partial charge in [-0.3, -0.25) is 14.6 Å². The van der Waals surface area contributed by atoms with E-state index in [0.717, 1.165) is 0 Å². The Morgan fingerprint density at radius 1 is 1.27 bits per heavy atom. The molecular weight excluding hydrogens is 282 g/mol. The van der Waals surface area contributed by atoms with Crippen LogP contribution in [-0.2, 0) is 9.59 Å². The number of hydrogen-bond donors (Lipinski definition) is 2. The van der Waals surface area contributed by atoms with E-state index in [9.17, 15) is 9.59 Å². The monoisotopic (exact) mass is 301 g/mol. The van der Waals surface area contributed by atoms with E-state index in [4.69, 9.17) is 5.11 Å². The van der Waals surface area contributed by atoms with E-state index in [2.05, 4.69) is 10.3 Å². The Hall–Kier alpha value is -2.47. The smallest absolute Gasteiger partial charge is 0.251 e. The van der Waals surface area contributed by atoms with Crippen LogP contribution in [0.2, 0.25) is 0 Å². The number of carbonyl (C=O) groups is 2. The molecule has 0 saturated heterocycles. The minimum absolute atomic E-state index is 0.102. The Labute approximate surface area is 129 Å². The molecular formula is C16H19N3O3. The lowest BCUT2D eigenvalue weighted by Gasteiger charge is -2.23. The molecule has 6 heteroatoms. The maximum Gasteiger partial charge on any atom is 0.251 e. The average Bonchev–Trinajstić information content (AvgIpc) is 2.55. The molecule has 2 N–H and O–H groups in total. The summed E-state index contributed by atoms with van der Waals surface area (Å²) >= 11 is 0. The van der Waals surface area contributed by atoms with Crippen LogP contribution in [0.5, 0.6) is 0 Å². The third kappa shape index (κ3) is 4.53. The summed E-state index contributed by atoms with van der Waals surface area (Å²) in [5.74, 6) is -0.554.